The fraction of sp³-hybridized carbons (Fsp3) is 0.741. The molecule has 2 heterocycles. The van der Waals surface area contributed by atoms with Gasteiger partial charge in [0.15, 0.2) is 5.79 Å². The largest absolute Gasteiger partial charge is 0.497 e. The minimum Gasteiger partial charge on any atom is -0.497 e. The maximum absolute atomic E-state index is 13.2. The van der Waals surface area contributed by atoms with Gasteiger partial charge in [0, 0.05) is 36.7 Å². The van der Waals surface area contributed by atoms with Gasteiger partial charge >= 0.3 is 0 Å². The molecule has 33 heavy (non-hydrogen) atoms. The summed E-state index contributed by atoms with van der Waals surface area (Å²) in [5.41, 5.74) is -0.807. The molecule has 6 nitrogen and oxygen atoms in total. The van der Waals surface area contributed by atoms with E-state index in [-0.39, 0.29) is 17.3 Å². The number of aliphatic hydroxyl groups is 1. The van der Waals surface area contributed by atoms with E-state index in [9.17, 15) is 9.90 Å². The van der Waals surface area contributed by atoms with Crippen LogP contribution in [0, 0.1) is 23.2 Å². The number of rotatable bonds is 1. The predicted molar refractivity (Wildman–Crippen MR) is 119 cm³/mol. The van der Waals surface area contributed by atoms with Gasteiger partial charge in [0.05, 0.1) is 20.3 Å². The standard InChI is InChI=1S/C27H34O6/c1-24-14-19-17-4-3-16(30-2)13-21(17)33-27-10-9-26(31-11-12-32-26)15-25(27,29)8-7-18(23(19)27)20(24)5-6-22(24)28/h3-4,13,18-20,23,29H,5-12,14-15H2,1-2H3/t18-,19+,20-,23+,24-,25+,27-/m0/s1. The van der Waals surface area contributed by atoms with Crippen LogP contribution in [0.4, 0.5) is 0 Å². The molecule has 0 bridgehead atoms. The summed E-state index contributed by atoms with van der Waals surface area (Å²) in [6, 6.07) is 6.11. The fourth-order valence-corrected chi connectivity index (χ4v) is 9.20. The van der Waals surface area contributed by atoms with E-state index in [1.165, 1.54) is 5.56 Å². The highest BCUT2D eigenvalue weighted by Crippen LogP contribution is 2.71. The lowest BCUT2D eigenvalue weighted by molar-refractivity contribution is -0.309. The summed E-state index contributed by atoms with van der Waals surface area (Å²) in [4.78, 5) is 13.2. The minimum atomic E-state index is -1.02. The Labute approximate surface area is 194 Å². The van der Waals surface area contributed by atoms with Crippen LogP contribution in [0.3, 0.4) is 0 Å². The molecule has 0 amide bonds. The minimum absolute atomic E-state index is 0.194. The molecule has 7 atom stereocenters. The van der Waals surface area contributed by atoms with E-state index in [4.69, 9.17) is 18.9 Å². The molecule has 1 aromatic carbocycles. The Morgan fingerprint density at radius 3 is 2.73 bits per heavy atom. The van der Waals surface area contributed by atoms with Crippen molar-refractivity contribution >= 4 is 5.78 Å². The number of hydrogen-bond acceptors (Lipinski definition) is 6. The van der Waals surface area contributed by atoms with Gasteiger partial charge < -0.3 is 24.1 Å². The summed E-state index contributed by atoms with van der Waals surface area (Å²) in [7, 11) is 1.67. The van der Waals surface area contributed by atoms with Crippen molar-refractivity contribution in [3.63, 3.8) is 0 Å². The first-order valence-corrected chi connectivity index (χ1v) is 12.7. The Bertz CT molecular complexity index is 1020. The lowest BCUT2D eigenvalue weighted by atomic mass is 9.43. The van der Waals surface area contributed by atoms with Gasteiger partial charge in [-0.2, -0.15) is 0 Å². The van der Waals surface area contributed by atoms with Crippen molar-refractivity contribution in [3.05, 3.63) is 23.8 Å². The highest BCUT2D eigenvalue weighted by molar-refractivity contribution is 5.87. The molecule has 0 aromatic heterocycles. The van der Waals surface area contributed by atoms with Crippen LogP contribution in [0.2, 0.25) is 0 Å². The zero-order chi connectivity index (χ0) is 22.6. The van der Waals surface area contributed by atoms with Crippen molar-refractivity contribution in [1.82, 2.24) is 0 Å². The van der Waals surface area contributed by atoms with Gasteiger partial charge in [-0.3, -0.25) is 4.79 Å². The molecular weight excluding hydrogens is 420 g/mol. The molecule has 1 saturated heterocycles. The molecular formula is C27H34O6. The molecule has 6 aliphatic rings. The van der Waals surface area contributed by atoms with Crippen molar-refractivity contribution < 1.29 is 28.8 Å². The summed E-state index contributed by atoms with van der Waals surface area (Å²) in [5, 5.41) is 12.4. The molecule has 7 rings (SSSR count). The van der Waals surface area contributed by atoms with Gasteiger partial charge in [-0.05, 0) is 61.5 Å². The van der Waals surface area contributed by atoms with E-state index in [1.807, 2.05) is 12.1 Å². The summed E-state index contributed by atoms with van der Waals surface area (Å²) < 4.78 is 24.7. The van der Waals surface area contributed by atoms with Crippen LogP contribution in [0.5, 0.6) is 11.5 Å². The summed E-state index contributed by atoms with van der Waals surface area (Å²) in [6.45, 7) is 3.38. The quantitative estimate of drug-likeness (QED) is 0.692. The number of carbonyl (C=O) groups excluding carboxylic acids is 1. The van der Waals surface area contributed by atoms with Gasteiger partial charge in [-0.1, -0.05) is 13.0 Å². The van der Waals surface area contributed by atoms with E-state index in [0.29, 0.717) is 56.5 Å². The van der Waals surface area contributed by atoms with Crippen molar-refractivity contribution in [2.45, 2.75) is 81.2 Å². The molecule has 2 spiro atoms. The van der Waals surface area contributed by atoms with Gasteiger partial charge in [0.1, 0.15) is 28.5 Å². The van der Waals surface area contributed by atoms with Crippen LogP contribution >= 0.6 is 0 Å². The van der Waals surface area contributed by atoms with Gasteiger partial charge in [-0.25, -0.2) is 0 Å². The number of ketones is 1. The predicted octanol–water partition coefficient (Wildman–Crippen LogP) is 3.98. The maximum atomic E-state index is 13.2. The van der Waals surface area contributed by atoms with Crippen LogP contribution in [0.1, 0.15) is 69.8 Å². The van der Waals surface area contributed by atoms with E-state index < -0.39 is 17.0 Å². The van der Waals surface area contributed by atoms with Crippen molar-refractivity contribution in [2.75, 3.05) is 20.3 Å². The molecule has 0 radical (unpaired) electrons. The van der Waals surface area contributed by atoms with Crippen LogP contribution in [-0.4, -0.2) is 48.2 Å². The highest BCUT2D eigenvalue weighted by Gasteiger charge is 2.74. The zero-order valence-corrected chi connectivity index (χ0v) is 19.6. The lowest BCUT2D eigenvalue weighted by Gasteiger charge is -2.68. The Morgan fingerprint density at radius 2 is 1.94 bits per heavy atom. The molecule has 4 saturated carbocycles. The Hall–Kier alpha value is -1.63. The first kappa shape index (κ1) is 20.7. The summed E-state index contributed by atoms with van der Waals surface area (Å²) >= 11 is 0. The average molecular weight is 455 g/mol. The number of hydrogen-bond donors (Lipinski definition) is 1. The Morgan fingerprint density at radius 1 is 1.12 bits per heavy atom. The molecule has 6 heteroatoms. The molecule has 2 aliphatic heterocycles. The van der Waals surface area contributed by atoms with Gasteiger partial charge in [0.25, 0.3) is 0 Å². The van der Waals surface area contributed by atoms with E-state index in [2.05, 4.69) is 13.0 Å². The second-order valence-electron chi connectivity index (χ2n) is 11.7. The number of benzene rings is 1. The zero-order valence-electron chi connectivity index (χ0n) is 19.6. The van der Waals surface area contributed by atoms with E-state index in [1.54, 1.807) is 7.11 Å². The third kappa shape index (κ3) is 2.48. The first-order valence-electron chi connectivity index (χ1n) is 12.7. The van der Waals surface area contributed by atoms with Crippen LogP contribution in [0.25, 0.3) is 0 Å². The molecule has 4 aliphatic carbocycles. The number of carbonyl (C=O) groups is 1. The smallest absolute Gasteiger partial charge is 0.171 e. The van der Waals surface area contributed by atoms with Crippen LogP contribution in [-0.2, 0) is 14.3 Å². The van der Waals surface area contributed by atoms with Crippen molar-refractivity contribution in [1.29, 1.82) is 0 Å². The van der Waals surface area contributed by atoms with Crippen molar-refractivity contribution in [3.8, 4) is 11.5 Å². The molecule has 5 fully saturated rings. The van der Waals surface area contributed by atoms with Crippen molar-refractivity contribution in [2.24, 2.45) is 23.2 Å². The van der Waals surface area contributed by atoms with Crippen LogP contribution in [0.15, 0.2) is 18.2 Å². The van der Waals surface area contributed by atoms with E-state index >= 15 is 0 Å². The van der Waals surface area contributed by atoms with Crippen LogP contribution < -0.4 is 9.47 Å². The average Bonchev–Trinajstić information content (AvgIpc) is 3.37. The highest BCUT2D eigenvalue weighted by atomic mass is 16.7. The lowest BCUT2D eigenvalue weighted by Crippen LogP contribution is -2.75. The normalized spacial score (nSPS) is 46.7. The Kier molecular flexibility index (Phi) is 4.10. The Balaban J connectivity index is 1.40. The number of methoxy groups -OCH3 is 1. The molecule has 178 valence electrons. The second-order valence-corrected chi connectivity index (χ2v) is 11.7. The monoisotopic (exact) mass is 454 g/mol. The third-order valence-electron chi connectivity index (χ3n) is 10.6. The van der Waals surface area contributed by atoms with E-state index in [0.717, 1.165) is 37.2 Å². The summed E-state index contributed by atoms with van der Waals surface area (Å²) in [5.74, 6) is 2.46. The fourth-order valence-electron chi connectivity index (χ4n) is 9.20. The maximum Gasteiger partial charge on any atom is 0.171 e. The SMILES string of the molecule is COc1ccc2c(c1)O[C@]13CCC4(C[C@]1(O)CC[C@@H]1[C@@H]3[C@@H]2C[C@]2(C)C(=O)CC[C@@H]12)OCCO4. The molecule has 0 unspecified atom stereocenters. The van der Waals surface area contributed by atoms with Gasteiger partial charge in [-0.15, -0.1) is 0 Å². The topological polar surface area (TPSA) is 74.2 Å². The third-order valence-corrected chi connectivity index (χ3v) is 10.6. The number of Topliss-reactive ketones (excluding diaryl/α,β-unsaturated/α-hetero) is 1. The second kappa shape index (κ2) is 6.52. The first-order chi connectivity index (χ1) is 15.8. The van der Waals surface area contributed by atoms with Gasteiger partial charge in [0.2, 0.25) is 0 Å². The number of fused-ring (bicyclic) bond motifs is 4. The summed E-state index contributed by atoms with van der Waals surface area (Å²) in [6.07, 6.45) is 5.99. The molecule has 1 N–H and O–H groups in total. The number of ether oxygens (including phenoxy) is 4. The molecule has 1 aromatic rings.